The van der Waals surface area contributed by atoms with Crippen LogP contribution in [-0.2, 0) is 16.0 Å². The Balaban J connectivity index is 2.93. The highest BCUT2D eigenvalue weighted by atomic mass is 32.1. The molecule has 1 heterocycles. The van der Waals surface area contributed by atoms with Crippen LogP contribution in [0.4, 0.5) is 5.00 Å². The summed E-state index contributed by atoms with van der Waals surface area (Å²) >= 11 is 1.40. The number of aryl methyl sites for hydroxylation is 1. The van der Waals surface area contributed by atoms with Crippen LogP contribution < -0.4 is 5.32 Å². The number of ether oxygens (including phenoxy) is 1. The summed E-state index contributed by atoms with van der Waals surface area (Å²) in [7, 11) is 0. The Bertz CT molecular complexity index is 451. The smallest absolute Gasteiger partial charge is 0.341 e. The molecule has 18 heavy (non-hydrogen) atoms. The third-order valence-corrected chi connectivity index (χ3v) is 3.40. The summed E-state index contributed by atoms with van der Waals surface area (Å²) < 4.78 is 4.96. The largest absolute Gasteiger partial charge is 0.462 e. The number of nitrogens with one attached hydrogen (secondary N) is 1. The van der Waals surface area contributed by atoms with E-state index in [1.807, 2.05) is 6.92 Å². The topological polar surface area (TPSA) is 55.4 Å². The first-order chi connectivity index (χ1) is 8.62. The molecule has 0 aromatic carbocycles. The Labute approximate surface area is 111 Å². The average Bonchev–Trinajstić information content (AvgIpc) is 2.73. The van der Waals surface area contributed by atoms with Crippen molar-refractivity contribution in [2.24, 2.45) is 0 Å². The number of carbonyl (C=O) groups excluding carboxylic acids is 2. The summed E-state index contributed by atoms with van der Waals surface area (Å²) in [5, 5.41) is 3.27. The normalized spacial score (nSPS) is 9.89. The van der Waals surface area contributed by atoms with Crippen LogP contribution >= 0.6 is 11.3 Å². The van der Waals surface area contributed by atoms with Gasteiger partial charge in [-0.25, -0.2) is 4.79 Å². The molecular formula is C13H17NO3S. The molecule has 98 valence electrons. The van der Waals surface area contributed by atoms with Crippen molar-refractivity contribution in [1.82, 2.24) is 0 Å². The Morgan fingerprint density at radius 1 is 1.50 bits per heavy atom. The number of amides is 1. The molecule has 0 unspecified atom stereocenters. The van der Waals surface area contributed by atoms with E-state index in [4.69, 9.17) is 4.74 Å². The number of thiophene rings is 1. The van der Waals surface area contributed by atoms with Gasteiger partial charge in [0.2, 0.25) is 5.91 Å². The number of hydrogen-bond acceptors (Lipinski definition) is 4. The van der Waals surface area contributed by atoms with Crippen LogP contribution in [0.3, 0.4) is 0 Å². The highest BCUT2D eigenvalue weighted by Gasteiger charge is 2.18. The molecule has 0 saturated heterocycles. The van der Waals surface area contributed by atoms with Gasteiger partial charge in [0.05, 0.1) is 12.2 Å². The van der Waals surface area contributed by atoms with Crippen LogP contribution in [-0.4, -0.2) is 18.5 Å². The number of hydrogen-bond donors (Lipinski definition) is 1. The van der Waals surface area contributed by atoms with Gasteiger partial charge in [0, 0.05) is 11.3 Å². The van der Waals surface area contributed by atoms with E-state index >= 15 is 0 Å². The standard InChI is InChI=1S/C13H17NO3S/c1-4-7-11(15)14-12-10(13(16)17-6-3)8-9(5-2)18-12/h4,8H,1,5-7H2,2-3H3,(H,14,15). The number of carbonyl (C=O) groups is 2. The van der Waals surface area contributed by atoms with Crippen LogP contribution in [0.15, 0.2) is 18.7 Å². The average molecular weight is 267 g/mol. The maximum Gasteiger partial charge on any atom is 0.341 e. The van der Waals surface area contributed by atoms with Gasteiger partial charge in [0.1, 0.15) is 5.00 Å². The molecule has 0 spiro atoms. The van der Waals surface area contributed by atoms with Crippen molar-refractivity contribution in [3.8, 4) is 0 Å². The Morgan fingerprint density at radius 2 is 2.22 bits per heavy atom. The third-order valence-electron chi connectivity index (χ3n) is 2.21. The van der Waals surface area contributed by atoms with Gasteiger partial charge >= 0.3 is 5.97 Å². The Morgan fingerprint density at radius 3 is 2.78 bits per heavy atom. The third kappa shape index (κ3) is 3.70. The molecule has 0 radical (unpaired) electrons. The molecule has 1 rings (SSSR count). The second kappa shape index (κ2) is 6.96. The summed E-state index contributed by atoms with van der Waals surface area (Å²) in [6, 6.07) is 1.77. The fourth-order valence-electron chi connectivity index (χ4n) is 1.38. The van der Waals surface area contributed by atoms with Crippen molar-refractivity contribution < 1.29 is 14.3 Å². The lowest BCUT2D eigenvalue weighted by atomic mass is 10.2. The quantitative estimate of drug-likeness (QED) is 0.636. The lowest BCUT2D eigenvalue weighted by Crippen LogP contribution is -2.12. The first kappa shape index (κ1) is 14.4. The molecule has 4 nitrogen and oxygen atoms in total. The summed E-state index contributed by atoms with van der Waals surface area (Å²) in [4.78, 5) is 24.3. The van der Waals surface area contributed by atoms with Gasteiger partial charge < -0.3 is 10.1 Å². The fraction of sp³-hybridized carbons (Fsp3) is 0.385. The zero-order chi connectivity index (χ0) is 13.5. The lowest BCUT2D eigenvalue weighted by molar-refractivity contribution is -0.115. The van der Waals surface area contributed by atoms with E-state index in [2.05, 4.69) is 11.9 Å². The fourth-order valence-corrected chi connectivity index (χ4v) is 2.38. The van der Waals surface area contributed by atoms with Gasteiger partial charge in [0.15, 0.2) is 0 Å². The Kier molecular flexibility index (Phi) is 5.58. The van der Waals surface area contributed by atoms with E-state index < -0.39 is 5.97 Å². The van der Waals surface area contributed by atoms with E-state index in [0.717, 1.165) is 11.3 Å². The van der Waals surface area contributed by atoms with E-state index in [1.54, 1.807) is 13.0 Å². The predicted octanol–water partition coefficient (Wildman–Crippen LogP) is 3.00. The van der Waals surface area contributed by atoms with Crippen molar-refractivity contribution >= 4 is 28.2 Å². The minimum atomic E-state index is -0.401. The molecule has 0 bridgehead atoms. The van der Waals surface area contributed by atoms with Gasteiger partial charge in [-0.05, 0) is 19.4 Å². The minimum Gasteiger partial charge on any atom is -0.462 e. The predicted molar refractivity (Wildman–Crippen MR) is 73.1 cm³/mol. The van der Waals surface area contributed by atoms with Crippen molar-refractivity contribution in [2.75, 3.05) is 11.9 Å². The van der Waals surface area contributed by atoms with Gasteiger partial charge in [0.25, 0.3) is 0 Å². The van der Waals surface area contributed by atoms with Crippen LogP contribution in [0.1, 0.15) is 35.5 Å². The van der Waals surface area contributed by atoms with Gasteiger partial charge in [-0.3, -0.25) is 4.79 Å². The van der Waals surface area contributed by atoms with Gasteiger partial charge in [-0.15, -0.1) is 17.9 Å². The molecule has 0 aliphatic heterocycles. The highest BCUT2D eigenvalue weighted by Crippen LogP contribution is 2.29. The van der Waals surface area contributed by atoms with Crippen molar-refractivity contribution in [3.05, 3.63) is 29.2 Å². The van der Waals surface area contributed by atoms with Crippen LogP contribution in [0.25, 0.3) is 0 Å². The summed E-state index contributed by atoms with van der Waals surface area (Å²) in [6.07, 6.45) is 2.56. The molecule has 1 aromatic heterocycles. The van der Waals surface area contributed by atoms with Crippen molar-refractivity contribution in [3.63, 3.8) is 0 Å². The molecule has 1 amide bonds. The zero-order valence-electron chi connectivity index (χ0n) is 10.6. The summed E-state index contributed by atoms with van der Waals surface area (Å²) in [5.41, 5.74) is 0.427. The molecule has 1 N–H and O–H groups in total. The molecule has 0 atom stereocenters. The molecular weight excluding hydrogens is 250 g/mol. The van der Waals surface area contributed by atoms with Crippen molar-refractivity contribution in [2.45, 2.75) is 26.7 Å². The summed E-state index contributed by atoms with van der Waals surface area (Å²) in [5.74, 6) is -0.581. The molecule has 0 aliphatic rings. The minimum absolute atomic E-state index is 0.181. The second-order valence-electron chi connectivity index (χ2n) is 3.57. The van der Waals surface area contributed by atoms with Gasteiger partial charge in [-0.1, -0.05) is 13.0 Å². The second-order valence-corrected chi connectivity index (χ2v) is 4.71. The molecule has 0 fully saturated rings. The number of anilines is 1. The first-order valence-corrected chi connectivity index (χ1v) is 6.64. The molecule has 0 aliphatic carbocycles. The van der Waals surface area contributed by atoms with Crippen molar-refractivity contribution in [1.29, 1.82) is 0 Å². The maximum absolute atomic E-state index is 11.7. The number of rotatable bonds is 6. The van der Waals surface area contributed by atoms with Crippen LogP contribution in [0.5, 0.6) is 0 Å². The highest BCUT2D eigenvalue weighted by molar-refractivity contribution is 7.16. The summed E-state index contributed by atoms with van der Waals surface area (Å²) in [6.45, 7) is 7.56. The molecule has 0 saturated carbocycles. The lowest BCUT2D eigenvalue weighted by Gasteiger charge is -2.04. The maximum atomic E-state index is 11.7. The first-order valence-electron chi connectivity index (χ1n) is 5.82. The van der Waals surface area contributed by atoms with Gasteiger partial charge in [-0.2, -0.15) is 0 Å². The van der Waals surface area contributed by atoms with E-state index in [9.17, 15) is 9.59 Å². The van der Waals surface area contributed by atoms with E-state index in [0.29, 0.717) is 17.2 Å². The number of esters is 1. The Hall–Kier alpha value is -1.62. The van der Waals surface area contributed by atoms with E-state index in [1.165, 1.54) is 17.4 Å². The zero-order valence-corrected chi connectivity index (χ0v) is 11.4. The van der Waals surface area contributed by atoms with Crippen LogP contribution in [0, 0.1) is 0 Å². The van der Waals surface area contributed by atoms with E-state index in [-0.39, 0.29) is 12.3 Å². The van der Waals surface area contributed by atoms with Crippen LogP contribution in [0.2, 0.25) is 0 Å². The SMILES string of the molecule is C=CCC(=O)Nc1sc(CC)cc1C(=O)OCC. The molecule has 5 heteroatoms. The monoisotopic (exact) mass is 267 g/mol. The molecule has 1 aromatic rings.